The third kappa shape index (κ3) is 3.74. The van der Waals surface area contributed by atoms with Crippen LogP contribution in [-0.4, -0.2) is 43.1 Å². The van der Waals surface area contributed by atoms with Gasteiger partial charge in [0.15, 0.2) is 0 Å². The van der Waals surface area contributed by atoms with E-state index in [-0.39, 0.29) is 0 Å². The van der Waals surface area contributed by atoms with E-state index in [1.807, 2.05) is 18.3 Å². The lowest BCUT2D eigenvalue weighted by Gasteiger charge is -2.34. The number of aromatic nitrogens is 1. The van der Waals surface area contributed by atoms with E-state index < -0.39 is 0 Å². The maximum atomic E-state index is 6.01. The van der Waals surface area contributed by atoms with Gasteiger partial charge in [-0.15, -0.1) is 0 Å². The molecule has 0 amide bonds. The summed E-state index contributed by atoms with van der Waals surface area (Å²) in [5.74, 6) is 0. The molecule has 2 aromatic carbocycles. The minimum absolute atomic E-state index is 0.756. The Labute approximate surface area is 159 Å². The minimum Gasteiger partial charge on any atom is -0.369 e. The molecular weight excluding hydrogens is 342 g/mol. The summed E-state index contributed by atoms with van der Waals surface area (Å²) in [6.45, 7) is 4.32. The molecule has 1 saturated heterocycles. The molecule has 0 aliphatic carbocycles. The van der Waals surface area contributed by atoms with Crippen LogP contribution in [0.15, 0.2) is 66.9 Å². The van der Waals surface area contributed by atoms with E-state index in [1.54, 1.807) is 0 Å². The molecule has 2 heterocycles. The van der Waals surface area contributed by atoms with Gasteiger partial charge < -0.3 is 9.80 Å². The van der Waals surface area contributed by atoms with Gasteiger partial charge in [0.25, 0.3) is 0 Å². The highest BCUT2D eigenvalue weighted by molar-refractivity contribution is 6.30. The molecule has 0 atom stereocenters. The van der Waals surface area contributed by atoms with Crippen LogP contribution in [0, 0.1) is 0 Å². The molecule has 132 valence electrons. The smallest absolute Gasteiger partial charge is 0.0722 e. The fraction of sp³-hybridized carbons (Fsp3) is 0.227. The predicted molar refractivity (Wildman–Crippen MR) is 110 cm³/mol. The lowest BCUT2D eigenvalue weighted by atomic mass is 10.0. The summed E-state index contributed by atoms with van der Waals surface area (Å²) in [4.78, 5) is 9.42. The normalized spacial score (nSPS) is 15.2. The van der Waals surface area contributed by atoms with Gasteiger partial charge in [0.1, 0.15) is 0 Å². The first-order valence-electron chi connectivity index (χ1n) is 8.95. The van der Waals surface area contributed by atoms with Crippen LogP contribution in [0.3, 0.4) is 0 Å². The maximum absolute atomic E-state index is 6.01. The second-order valence-corrected chi connectivity index (χ2v) is 7.21. The number of likely N-dealkylation sites (N-methyl/N-ethyl adjacent to an activating group) is 1. The molecule has 4 rings (SSSR count). The van der Waals surface area contributed by atoms with Crippen LogP contribution < -0.4 is 4.90 Å². The number of rotatable bonds is 3. The van der Waals surface area contributed by atoms with Crippen molar-refractivity contribution in [2.24, 2.45) is 0 Å². The quantitative estimate of drug-likeness (QED) is 0.665. The van der Waals surface area contributed by atoms with Crippen LogP contribution in [0.5, 0.6) is 0 Å². The molecule has 1 aliphatic heterocycles. The van der Waals surface area contributed by atoms with E-state index in [1.165, 1.54) is 11.3 Å². The van der Waals surface area contributed by atoms with Gasteiger partial charge in [-0.2, -0.15) is 0 Å². The zero-order chi connectivity index (χ0) is 17.9. The van der Waals surface area contributed by atoms with Crippen LogP contribution >= 0.6 is 11.6 Å². The minimum atomic E-state index is 0.756. The Hall–Kier alpha value is -2.36. The average Bonchev–Trinajstić information content (AvgIpc) is 2.69. The molecule has 0 spiro atoms. The Morgan fingerprint density at radius 2 is 1.54 bits per heavy atom. The number of benzene rings is 2. The highest BCUT2D eigenvalue weighted by Crippen LogP contribution is 2.28. The number of halogens is 1. The molecule has 0 bridgehead atoms. The number of hydrogen-bond acceptors (Lipinski definition) is 3. The van der Waals surface area contributed by atoms with Crippen molar-refractivity contribution in [3.63, 3.8) is 0 Å². The van der Waals surface area contributed by atoms with E-state index in [4.69, 9.17) is 11.6 Å². The van der Waals surface area contributed by atoms with Crippen molar-refractivity contribution in [2.45, 2.75) is 0 Å². The standard InChI is InChI=1S/C22H22ClN3/c1-25-11-13-26(14-12-25)21-9-10-24-22(16-21)19-4-2-3-18(15-19)17-5-7-20(23)8-6-17/h2-10,15-16H,11-14H2,1H3. The monoisotopic (exact) mass is 363 g/mol. The molecule has 1 aromatic heterocycles. The number of pyridine rings is 1. The maximum Gasteiger partial charge on any atom is 0.0722 e. The van der Waals surface area contributed by atoms with E-state index in [0.29, 0.717) is 0 Å². The molecule has 1 aliphatic rings. The summed E-state index contributed by atoms with van der Waals surface area (Å²) in [6, 6.07) is 20.8. The molecule has 4 heteroatoms. The first-order valence-corrected chi connectivity index (χ1v) is 9.33. The van der Waals surface area contributed by atoms with Gasteiger partial charge >= 0.3 is 0 Å². The molecule has 3 nitrogen and oxygen atoms in total. The Morgan fingerprint density at radius 3 is 2.31 bits per heavy atom. The molecule has 0 N–H and O–H groups in total. The van der Waals surface area contributed by atoms with Crippen LogP contribution in [0.25, 0.3) is 22.4 Å². The molecular formula is C22H22ClN3. The van der Waals surface area contributed by atoms with E-state index in [9.17, 15) is 0 Å². The van der Waals surface area contributed by atoms with E-state index >= 15 is 0 Å². The van der Waals surface area contributed by atoms with Gasteiger partial charge in [-0.05, 0) is 48.5 Å². The van der Waals surface area contributed by atoms with Gasteiger partial charge in [0, 0.05) is 48.6 Å². The number of nitrogens with zero attached hydrogens (tertiary/aromatic N) is 3. The van der Waals surface area contributed by atoms with Crippen LogP contribution in [-0.2, 0) is 0 Å². The van der Waals surface area contributed by atoms with Gasteiger partial charge in [-0.25, -0.2) is 0 Å². The number of hydrogen-bond donors (Lipinski definition) is 0. The van der Waals surface area contributed by atoms with E-state index in [0.717, 1.165) is 48.0 Å². The molecule has 0 unspecified atom stereocenters. The van der Waals surface area contributed by atoms with Crippen LogP contribution in [0.4, 0.5) is 5.69 Å². The summed E-state index contributed by atoms with van der Waals surface area (Å²) >= 11 is 6.01. The van der Waals surface area contributed by atoms with Crippen molar-refractivity contribution < 1.29 is 0 Å². The van der Waals surface area contributed by atoms with Crippen molar-refractivity contribution >= 4 is 17.3 Å². The summed E-state index contributed by atoms with van der Waals surface area (Å²) in [5, 5.41) is 0.756. The summed E-state index contributed by atoms with van der Waals surface area (Å²) in [6.07, 6.45) is 1.91. The highest BCUT2D eigenvalue weighted by Gasteiger charge is 2.15. The van der Waals surface area contributed by atoms with Gasteiger partial charge in [0.05, 0.1) is 5.69 Å². The molecule has 0 saturated carbocycles. The Balaban J connectivity index is 1.62. The summed E-state index contributed by atoms with van der Waals surface area (Å²) in [5.41, 5.74) is 5.73. The van der Waals surface area contributed by atoms with Crippen molar-refractivity contribution in [3.8, 4) is 22.4 Å². The number of anilines is 1. The second-order valence-electron chi connectivity index (χ2n) is 6.78. The lowest BCUT2D eigenvalue weighted by molar-refractivity contribution is 0.313. The second kappa shape index (κ2) is 7.48. The van der Waals surface area contributed by atoms with E-state index in [2.05, 4.69) is 70.4 Å². The highest BCUT2D eigenvalue weighted by atomic mass is 35.5. The zero-order valence-electron chi connectivity index (χ0n) is 14.9. The third-order valence-electron chi connectivity index (χ3n) is 4.95. The third-order valence-corrected chi connectivity index (χ3v) is 5.20. The lowest BCUT2D eigenvalue weighted by Crippen LogP contribution is -2.44. The zero-order valence-corrected chi connectivity index (χ0v) is 15.7. The molecule has 0 radical (unpaired) electrons. The fourth-order valence-corrected chi connectivity index (χ4v) is 3.47. The van der Waals surface area contributed by atoms with Crippen molar-refractivity contribution in [1.29, 1.82) is 0 Å². The van der Waals surface area contributed by atoms with Gasteiger partial charge in [-0.1, -0.05) is 41.9 Å². The Bertz CT molecular complexity index is 884. The topological polar surface area (TPSA) is 19.4 Å². The van der Waals surface area contributed by atoms with Crippen LogP contribution in [0.1, 0.15) is 0 Å². The first-order chi connectivity index (χ1) is 12.7. The fourth-order valence-electron chi connectivity index (χ4n) is 3.34. The summed E-state index contributed by atoms with van der Waals surface area (Å²) < 4.78 is 0. The van der Waals surface area contributed by atoms with Crippen LogP contribution in [0.2, 0.25) is 5.02 Å². The average molecular weight is 364 g/mol. The number of piperazine rings is 1. The van der Waals surface area contributed by atoms with Crippen molar-refractivity contribution in [1.82, 2.24) is 9.88 Å². The SMILES string of the molecule is CN1CCN(c2ccnc(-c3cccc(-c4ccc(Cl)cc4)c3)c2)CC1. The Kier molecular flexibility index (Phi) is 4.91. The van der Waals surface area contributed by atoms with Gasteiger partial charge in [0.2, 0.25) is 0 Å². The largest absolute Gasteiger partial charge is 0.369 e. The predicted octanol–water partition coefficient (Wildman–Crippen LogP) is 4.82. The Morgan fingerprint density at radius 1 is 0.808 bits per heavy atom. The summed E-state index contributed by atoms with van der Waals surface area (Å²) in [7, 11) is 2.18. The molecule has 1 fully saturated rings. The molecule has 26 heavy (non-hydrogen) atoms. The van der Waals surface area contributed by atoms with Gasteiger partial charge in [-0.3, -0.25) is 4.98 Å². The molecule has 3 aromatic rings. The van der Waals surface area contributed by atoms with Crippen molar-refractivity contribution in [3.05, 3.63) is 71.9 Å². The first kappa shape index (κ1) is 17.1. The van der Waals surface area contributed by atoms with Crippen molar-refractivity contribution in [2.75, 3.05) is 38.1 Å².